The lowest BCUT2D eigenvalue weighted by Gasteiger charge is -2.00. The summed E-state index contributed by atoms with van der Waals surface area (Å²) in [6, 6.07) is 7.83. The Morgan fingerprint density at radius 1 is 1.38 bits per heavy atom. The van der Waals surface area contributed by atoms with Gasteiger partial charge in [0.1, 0.15) is 0 Å². The largest absolute Gasteiger partial charge is 0.392 e. The zero-order valence-electron chi connectivity index (χ0n) is 7.83. The first kappa shape index (κ1) is 9.96. The minimum absolute atomic E-state index is 0.0973. The van der Waals surface area contributed by atoms with E-state index in [9.17, 15) is 0 Å². The van der Waals surface area contributed by atoms with Crippen molar-refractivity contribution in [3.63, 3.8) is 0 Å². The van der Waals surface area contributed by atoms with Crippen molar-refractivity contribution in [2.75, 3.05) is 13.6 Å². The lowest BCUT2D eigenvalue weighted by Crippen LogP contribution is -2.03. The molecule has 1 rings (SSSR count). The van der Waals surface area contributed by atoms with Crippen molar-refractivity contribution in [3.8, 4) is 0 Å². The minimum atomic E-state index is 0.0973. The van der Waals surface area contributed by atoms with E-state index < -0.39 is 0 Å². The van der Waals surface area contributed by atoms with Crippen LogP contribution in [0.5, 0.6) is 0 Å². The zero-order valence-corrected chi connectivity index (χ0v) is 7.83. The highest BCUT2D eigenvalue weighted by atomic mass is 16.3. The van der Waals surface area contributed by atoms with E-state index in [1.54, 1.807) is 0 Å². The standard InChI is InChI=1S/C11H15NO/c1-12-8-4-7-10-5-2-3-6-11(10)9-13/h2-7,12-13H,8-9H2,1H3. The van der Waals surface area contributed by atoms with E-state index in [0.717, 1.165) is 17.7 Å². The van der Waals surface area contributed by atoms with Gasteiger partial charge in [-0.25, -0.2) is 0 Å². The summed E-state index contributed by atoms with van der Waals surface area (Å²) in [7, 11) is 1.91. The molecule has 2 N–H and O–H groups in total. The lowest BCUT2D eigenvalue weighted by atomic mass is 10.1. The van der Waals surface area contributed by atoms with E-state index in [1.807, 2.05) is 43.5 Å². The number of rotatable bonds is 4. The Bertz CT molecular complexity index is 281. The van der Waals surface area contributed by atoms with Crippen LogP contribution in [-0.2, 0) is 6.61 Å². The zero-order chi connectivity index (χ0) is 9.52. The van der Waals surface area contributed by atoms with Gasteiger partial charge in [0.05, 0.1) is 6.61 Å². The molecule has 0 saturated heterocycles. The van der Waals surface area contributed by atoms with Gasteiger partial charge in [0.15, 0.2) is 0 Å². The van der Waals surface area contributed by atoms with Crippen LogP contribution in [0.3, 0.4) is 0 Å². The van der Waals surface area contributed by atoms with Crippen LogP contribution < -0.4 is 5.32 Å². The number of hydrogen-bond donors (Lipinski definition) is 2. The van der Waals surface area contributed by atoms with Gasteiger partial charge < -0.3 is 10.4 Å². The van der Waals surface area contributed by atoms with E-state index in [1.165, 1.54) is 0 Å². The highest BCUT2D eigenvalue weighted by Crippen LogP contribution is 2.09. The second-order valence-electron chi connectivity index (χ2n) is 2.82. The van der Waals surface area contributed by atoms with E-state index in [4.69, 9.17) is 5.11 Å². The molecule has 2 heteroatoms. The molecule has 0 spiro atoms. The molecular weight excluding hydrogens is 162 g/mol. The molecule has 0 aromatic heterocycles. The molecule has 0 bridgehead atoms. The van der Waals surface area contributed by atoms with Crippen LogP contribution >= 0.6 is 0 Å². The number of benzene rings is 1. The predicted octanol–water partition coefficient (Wildman–Crippen LogP) is 1.41. The van der Waals surface area contributed by atoms with Gasteiger partial charge in [0.2, 0.25) is 0 Å². The third-order valence-electron chi connectivity index (χ3n) is 1.84. The Labute approximate surface area is 78.9 Å². The Morgan fingerprint density at radius 2 is 2.15 bits per heavy atom. The van der Waals surface area contributed by atoms with E-state index in [0.29, 0.717) is 0 Å². The van der Waals surface area contributed by atoms with Crippen molar-refractivity contribution in [2.45, 2.75) is 6.61 Å². The summed E-state index contributed by atoms with van der Waals surface area (Å²) in [5.74, 6) is 0. The van der Waals surface area contributed by atoms with E-state index >= 15 is 0 Å². The molecule has 0 aliphatic carbocycles. The second kappa shape index (κ2) is 5.51. The van der Waals surface area contributed by atoms with Crippen LogP contribution in [0.25, 0.3) is 6.08 Å². The minimum Gasteiger partial charge on any atom is -0.392 e. The highest BCUT2D eigenvalue weighted by Gasteiger charge is 1.94. The SMILES string of the molecule is CNCC=Cc1ccccc1CO. The van der Waals surface area contributed by atoms with Crippen molar-refractivity contribution < 1.29 is 5.11 Å². The van der Waals surface area contributed by atoms with Gasteiger partial charge in [-0.3, -0.25) is 0 Å². The normalized spacial score (nSPS) is 10.9. The Kier molecular flexibility index (Phi) is 4.23. The molecule has 0 aliphatic rings. The van der Waals surface area contributed by atoms with Crippen molar-refractivity contribution in [3.05, 3.63) is 41.5 Å². The van der Waals surface area contributed by atoms with Crippen LogP contribution in [0.15, 0.2) is 30.3 Å². The maximum absolute atomic E-state index is 9.03. The van der Waals surface area contributed by atoms with Crippen LogP contribution in [-0.4, -0.2) is 18.7 Å². The third-order valence-corrected chi connectivity index (χ3v) is 1.84. The summed E-state index contributed by atoms with van der Waals surface area (Å²) < 4.78 is 0. The predicted molar refractivity (Wildman–Crippen MR) is 55.3 cm³/mol. The summed E-state index contributed by atoms with van der Waals surface area (Å²) in [4.78, 5) is 0. The first-order valence-electron chi connectivity index (χ1n) is 4.38. The van der Waals surface area contributed by atoms with Crippen LogP contribution in [0, 0.1) is 0 Å². The maximum Gasteiger partial charge on any atom is 0.0687 e. The summed E-state index contributed by atoms with van der Waals surface area (Å²) in [5.41, 5.74) is 2.05. The van der Waals surface area contributed by atoms with Crippen LogP contribution in [0.4, 0.5) is 0 Å². The molecule has 0 fully saturated rings. The molecule has 1 aromatic rings. The van der Waals surface area contributed by atoms with Crippen molar-refractivity contribution in [1.29, 1.82) is 0 Å². The van der Waals surface area contributed by atoms with Crippen molar-refractivity contribution >= 4 is 6.08 Å². The van der Waals surface area contributed by atoms with Gasteiger partial charge in [0.25, 0.3) is 0 Å². The molecule has 70 valence electrons. The molecule has 0 heterocycles. The van der Waals surface area contributed by atoms with Gasteiger partial charge >= 0.3 is 0 Å². The smallest absolute Gasteiger partial charge is 0.0687 e. The fourth-order valence-electron chi connectivity index (χ4n) is 1.14. The van der Waals surface area contributed by atoms with Crippen molar-refractivity contribution in [2.24, 2.45) is 0 Å². The molecule has 0 aliphatic heterocycles. The van der Waals surface area contributed by atoms with Gasteiger partial charge in [-0.05, 0) is 18.2 Å². The third kappa shape index (κ3) is 3.01. The molecule has 0 unspecified atom stereocenters. The van der Waals surface area contributed by atoms with Crippen LogP contribution in [0.2, 0.25) is 0 Å². The number of nitrogens with one attached hydrogen (secondary N) is 1. The molecule has 1 aromatic carbocycles. The first-order chi connectivity index (χ1) is 6.38. The van der Waals surface area contributed by atoms with Crippen molar-refractivity contribution in [1.82, 2.24) is 5.32 Å². The van der Waals surface area contributed by atoms with Gasteiger partial charge in [0, 0.05) is 6.54 Å². The molecule has 13 heavy (non-hydrogen) atoms. The number of aliphatic hydroxyl groups is 1. The molecule has 0 radical (unpaired) electrons. The number of aliphatic hydroxyl groups excluding tert-OH is 1. The monoisotopic (exact) mass is 177 g/mol. The fraction of sp³-hybridized carbons (Fsp3) is 0.273. The summed E-state index contributed by atoms with van der Waals surface area (Å²) in [6.07, 6.45) is 4.05. The average Bonchev–Trinajstić information content (AvgIpc) is 2.19. The topological polar surface area (TPSA) is 32.3 Å². The molecule has 0 atom stereocenters. The van der Waals surface area contributed by atoms with E-state index in [2.05, 4.69) is 5.32 Å². The lowest BCUT2D eigenvalue weighted by molar-refractivity contribution is 0.281. The molecule has 0 amide bonds. The number of hydrogen-bond acceptors (Lipinski definition) is 2. The number of likely N-dealkylation sites (N-methyl/N-ethyl adjacent to an activating group) is 1. The molecule has 2 nitrogen and oxygen atoms in total. The Hall–Kier alpha value is -1.12. The maximum atomic E-state index is 9.03. The fourth-order valence-corrected chi connectivity index (χ4v) is 1.14. The van der Waals surface area contributed by atoms with Crippen LogP contribution in [0.1, 0.15) is 11.1 Å². The van der Waals surface area contributed by atoms with Gasteiger partial charge in [-0.15, -0.1) is 0 Å². The average molecular weight is 177 g/mol. The Balaban J connectivity index is 2.74. The van der Waals surface area contributed by atoms with Gasteiger partial charge in [-0.1, -0.05) is 36.4 Å². The summed E-state index contributed by atoms with van der Waals surface area (Å²) in [6.45, 7) is 0.944. The summed E-state index contributed by atoms with van der Waals surface area (Å²) in [5, 5.41) is 12.1. The highest BCUT2D eigenvalue weighted by molar-refractivity contribution is 5.53. The van der Waals surface area contributed by atoms with Gasteiger partial charge in [-0.2, -0.15) is 0 Å². The quantitative estimate of drug-likeness (QED) is 0.729. The Morgan fingerprint density at radius 3 is 2.85 bits per heavy atom. The first-order valence-corrected chi connectivity index (χ1v) is 4.38. The summed E-state index contributed by atoms with van der Waals surface area (Å²) >= 11 is 0. The second-order valence-corrected chi connectivity index (χ2v) is 2.82. The molecular formula is C11H15NO. The molecule has 0 saturated carbocycles. The van der Waals surface area contributed by atoms with E-state index in [-0.39, 0.29) is 6.61 Å².